The number of primary amides is 1. The summed E-state index contributed by atoms with van der Waals surface area (Å²) in [4.78, 5) is 15.3. The van der Waals surface area contributed by atoms with Crippen LogP contribution in [-0.2, 0) is 0 Å². The number of carbonyl (C=O) groups is 1. The minimum absolute atomic E-state index is 0.0149. The van der Waals surface area contributed by atoms with Crippen LogP contribution in [0.25, 0.3) is 22.0 Å². The second-order valence-corrected chi connectivity index (χ2v) is 10.3. The van der Waals surface area contributed by atoms with Gasteiger partial charge in [0.05, 0.1) is 23.6 Å². The van der Waals surface area contributed by atoms with Crippen molar-refractivity contribution in [2.45, 2.75) is 42.1 Å². The topological polar surface area (TPSA) is 112 Å². The number of aromatic nitrogens is 1. The number of fused-ring (bicyclic) bond motifs is 3. The molecule has 7 heteroatoms. The van der Waals surface area contributed by atoms with E-state index in [-0.39, 0.29) is 16.4 Å². The van der Waals surface area contributed by atoms with Crippen LogP contribution in [0.1, 0.15) is 47.5 Å². The summed E-state index contributed by atoms with van der Waals surface area (Å²) in [7, 11) is -2.47. The van der Waals surface area contributed by atoms with Gasteiger partial charge in [-0.05, 0) is 60.9 Å². The van der Waals surface area contributed by atoms with Crippen molar-refractivity contribution >= 4 is 27.4 Å². The lowest BCUT2D eigenvalue weighted by Gasteiger charge is -2.46. The fraction of sp³-hybridized carbons (Fsp3) is 0.350. The monoisotopic (exact) mass is 386 g/mol. The van der Waals surface area contributed by atoms with Crippen molar-refractivity contribution in [3.05, 3.63) is 48.0 Å². The van der Waals surface area contributed by atoms with E-state index in [1.165, 1.54) is 0 Å². The fourth-order valence-corrected chi connectivity index (χ4v) is 7.42. The summed E-state index contributed by atoms with van der Waals surface area (Å²) < 4.78 is 26.1. The van der Waals surface area contributed by atoms with E-state index < -0.39 is 16.5 Å². The molecule has 2 bridgehead atoms. The summed E-state index contributed by atoms with van der Waals surface area (Å²) in [5.41, 5.74) is 9.74. The van der Waals surface area contributed by atoms with E-state index >= 15 is 0 Å². The van der Waals surface area contributed by atoms with E-state index in [0.29, 0.717) is 5.56 Å². The molecule has 0 radical (unpaired) electrons. The molecule has 2 aromatic heterocycles. The lowest BCUT2D eigenvalue weighted by atomic mass is 9.89. The zero-order valence-electron chi connectivity index (χ0n) is 14.7. The van der Waals surface area contributed by atoms with Gasteiger partial charge in [-0.1, -0.05) is 0 Å². The third-order valence-corrected chi connectivity index (χ3v) is 9.09. The average Bonchev–Trinajstić information content (AvgIpc) is 3.31. The molecule has 0 aliphatic carbocycles. The van der Waals surface area contributed by atoms with Crippen LogP contribution in [0.5, 0.6) is 0 Å². The first-order valence-electron chi connectivity index (χ1n) is 9.18. The summed E-state index contributed by atoms with van der Waals surface area (Å²) in [6.07, 6.45) is 8.52. The molecule has 0 saturated carbocycles. The van der Waals surface area contributed by atoms with Gasteiger partial charge in [0.1, 0.15) is 0 Å². The SMILES string of the molecule is NC(=O)c1cc(-c2ccoc2)cc2c(C3C[C@H]4CC[C@@H](C3)S4(O)O)c[nH]c12. The maximum absolute atomic E-state index is 12.0. The Labute approximate surface area is 158 Å². The number of H-pyrrole nitrogens is 1. The lowest BCUT2D eigenvalue weighted by Crippen LogP contribution is -2.28. The second-order valence-electron chi connectivity index (χ2n) is 7.70. The van der Waals surface area contributed by atoms with Crippen molar-refractivity contribution in [3.63, 3.8) is 0 Å². The summed E-state index contributed by atoms with van der Waals surface area (Å²) in [5.74, 6) is -0.229. The van der Waals surface area contributed by atoms with Crippen molar-refractivity contribution in [1.29, 1.82) is 0 Å². The highest BCUT2D eigenvalue weighted by Gasteiger charge is 2.47. The minimum Gasteiger partial charge on any atom is -0.472 e. The molecule has 1 unspecified atom stereocenters. The number of benzene rings is 1. The molecule has 1 aromatic carbocycles. The van der Waals surface area contributed by atoms with E-state index in [4.69, 9.17) is 10.2 Å². The number of furan rings is 1. The van der Waals surface area contributed by atoms with Crippen molar-refractivity contribution < 1.29 is 18.3 Å². The molecule has 3 atom stereocenters. The van der Waals surface area contributed by atoms with Crippen LogP contribution in [-0.4, -0.2) is 30.5 Å². The molecule has 6 nitrogen and oxygen atoms in total. The largest absolute Gasteiger partial charge is 0.472 e. The molecule has 3 aromatic rings. The van der Waals surface area contributed by atoms with Crippen LogP contribution < -0.4 is 5.73 Å². The molecule has 2 saturated heterocycles. The summed E-state index contributed by atoms with van der Waals surface area (Å²) in [6, 6.07) is 5.71. The van der Waals surface area contributed by atoms with Gasteiger partial charge >= 0.3 is 0 Å². The van der Waals surface area contributed by atoms with Gasteiger partial charge in [-0.3, -0.25) is 13.9 Å². The summed E-state index contributed by atoms with van der Waals surface area (Å²) in [5, 5.41) is 0.947. The highest BCUT2D eigenvalue weighted by Crippen LogP contribution is 2.66. The molecule has 5 rings (SSSR count). The first kappa shape index (κ1) is 16.9. The maximum Gasteiger partial charge on any atom is 0.250 e. The van der Waals surface area contributed by atoms with Gasteiger partial charge in [0.25, 0.3) is 5.91 Å². The lowest BCUT2D eigenvalue weighted by molar-refractivity contribution is 0.100. The van der Waals surface area contributed by atoms with Gasteiger partial charge in [-0.2, -0.15) is 10.6 Å². The van der Waals surface area contributed by atoms with Crippen LogP contribution in [0, 0.1) is 0 Å². The Bertz CT molecular complexity index is 1010. The van der Waals surface area contributed by atoms with E-state index in [1.54, 1.807) is 18.6 Å². The number of hydrogen-bond acceptors (Lipinski definition) is 4. The van der Waals surface area contributed by atoms with Crippen molar-refractivity contribution in [2.75, 3.05) is 0 Å². The number of carbonyl (C=O) groups excluding carboxylic acids is 1. The third-order valence-electron chi connectivity index (χ3n) is 6.27. The van der Waals surface area contributed by atoms with Crippen LogP contribution in [0.3, 0.4) is 0 Å². The number of nitrogens with one attached hydrogen (secondary N) is 1. The Kier molecular flexibility index (Phi) is 3.69. The molecule has 4 heterocycles. The predicted octanol–water partition coefficient (Wildman–Crippen LogP) is 4.69. The minimum atomic E-state index is -2.47. The van der Waals surface area contributed by atoms with Crippen LogP contribution >= 0.6 is 10.6 Å². The molecule has 1 amide bonds. The fourth-order valence-electron chi connectivity index (χ4n) is 4.88. The Balaban J connectivity index is 1.63. The van der Waals surface area contributed by atoms with Gasteiger partial charge in [0.2, 0.25) is 0 Å². The summed E-state index contributed by atoms with van der Waals surface area (Å²) >= 11 is 0. The van der Waals surface area contributed by atoms with Crippen molar-refractivity contribution in [1.82, 2.24) is 4.98 Å². The van der Waals surface area contributed by atoms with Gasteiger partial charge in [0.15, 0.2) is 0 Å². The molecular formula is C20H22N2O4S. The molecule has 0 spiro atoms. The van der Waals surface area contributed by atoms with Gasteiger partial charge < -0.3 is 15.1 Å². The third kappa shape index (κ3) is 2.53. The number of nitrogens with two attached hydrogens (primary N) is 1. The molecule has 2 aliphatic rings. The Morgan fingerprint density at radius 1 is 1.19 bits per heavy atom. The molecule has 27 heavy (non-hydrogen) atoms. The van der Waals surface area contributed by atoms with Gasteiger partial charge in [0, 0.05) is 27.6 Å². The van der Waals surface area contributed by atoms with E-state index in [0.717, 1.165) is 53.3 Å². The van der Waals surface area contributed by atoms with Crippen molar-refractivity contribution in [3.8, 4) is 11.1 Å². The highest BCUT2D eigenvalue weighted by molar-refractivity contribution is 8.25. The first-order valence-corrected chi connectivity index (χ1v) is 10.9. The predicted molar refractivity (Wildman–Crippen MR) is 106 cm³/mol. The number of rotatable bonds is 3. The van der Waals surface area contributed by atoms with Gasteiger partial charge in [-0.15, -0.1) is 0 Å². The average molecular weight is 386 g/mol. The standard InChI is InChI=1S/C20H22N2O4S/c21-20(23)17-8-12(11-3-4-26-10-11)7-16-18(9-22-19(16)17)13-5-14-1-2-15(6-13)27(14,24)25/h3-4,7-10,13-15,22,24-25H,1-2,5-6H2,(H2,21,23)/t13?,14-,15+. The normalized spacial score (nSPS) is 27.7. The van der Waals surface area contributed by atoms with E-state index in [9.17, 15) is 13.9 Å². The van der Waals surface area contributed by atoms with E-state index in [1.807, 2.05) is 12.3 Å². The highest BCUT2D eigenvalue weighted by atomic mass is 32.3. The number of amides is 1. The van der Waals surface area contributed by atoms with Crippen molar-refractivity contribution in [2.24, 2.45) is 5.73 Å². The zero-order chi connectivity index (χ0) is 18.8. The maximum atomic E-state index is 12.0. The smallest absolute Gasteiger partial charge is 0.250 e. The molecular weight excluding hydrogens is 364 g/mol. The zero-order valence-corrected chi connectivity index (χ0v) is 15.5. The Morgan fingerprint density at radius 2 is 1.93 bits per heavy atom. The van der Waals surface area contributed by atoms with Crippen LogP contribution in [0.4, 0.5) is 0 Å². The van der Waals surface area contributed by atoms with Crippen LogP contribution in [0.2, 0.25) is 0 Å². The first-order chi connectivity index (χ1) is 12.9. The summed E-state index contributed by atoms with van der Waals surface area (Å²) in [6.45, 7) is 0. The number of aromatic amines is 1. The van der Waals surface area contributed by atoms with Gasteiger partial charge in [-0.25, -0.2) is 0 Å². The molecule has 142 valence electrons. The number of hydrogen-bond donors (Lipinski definition) is 4. The molecule has 5 N–H and O–H groups in total. The molecule has 2 aliphatic heterocycles. The second kappa shape index (κ2) is 5.89. The Morgan fingerprint density at radius 3 is 2.56 bits per heavy atom. The Hall–Kier alpha value is -2.22. The molecule has 2 fully saturated rings. The van der Waals surface area contributed by atoms with Crippen LogP contribution in [0.15, 0.2) is 41.3 Å². The quantitative estimate of drug-likeness (QED) is 0.523. The van der Waals surface area contributed by atoms with E-state index in [2.05, 4.69) is 11.1 Å².